The van der Waals surface area contributed by atoms with Gasteiger partial charge in [0.1, 0.15) is 11.9 Å². The molecule has 1 saturated carbocycles. The van der Waals surface area contributed by atoms with E-state index in [0.29, 0.717) is 17.4 Å². The number of fused-ring (bicyclic) bond motifs is 3. The zero-order valence-corrected chi connectivity index (χ0v) is 14.5. The molecule has 24 heavy (non-hydrogen) atoms. The fourth-order valence-electron chi connectivity index (χ4n) is 4.38. The molecule has 0 unspecified atom stereocenters. The Labute approximate surface area is 142 Å². The molecule has 0 bridgehead atoms. The van der Waals surface area contributed by atoms with Crippen molar-refractivity contribution >= 4 is 17.6 Å². The highest BCUT2D eigenvalue weighted by molar-refractivity contribution is 6.21. The third-order valence-corrected chi connectivity index (χ3v) is 5.57. The van der Waals surface area contributed by atoms with E-state index in [2.05, 4.69) is 9.97 Å². The first-order chi connectivity index (χ1) is 11.4. The standard InChI is InChI=1S/C18H24N4O2/c1-18(2,3)16-19-9-12(10-20-16)21-15(23)14-8-11-6-4-5-7-13(11)22(14)17(21)24/h9-11,13-14H,4-8H2,1-3H3/t11-,13+,14-/m0/s1. The second-order valence-electron chi connectivity index (χ2n) is 8.24. The summed E-state index contributed by atoms with van der Waals surface area (Å²) >= 11 is 0. The fourth-order valence-corrected chi connectivity index (χ4v) is 4.38. The second-order valence-corrected chi connectivity index (χ2v) is 8.24. The number of nitrogens with zero attached hydrogens (tertiary/aromatic N) is 4. The van der Waals surface area contributed by atoms with Crippen LogP contribution in [0.4, 0.5) is 10.5 Å². The molecule has 3 amide bonds. The highest BCUT2D eigenvalue weighted by Gasteiger charge is 2.56. The van der Waals surface area contributed by atoms with E-state index in [9.17, 15) is 9.59 Å². The Morgan fingerprint density at radius 2 is 1.75 bits per heavy atom. The second kappa shape index (κ2) is 5.26. The average Bonchev–Trinajstić information content (AvgIpc) is 3.04. The van der Waals surface area contributed by atoms with Gasteiger partial charge in [0, 0.05) is 11.5 Å². The number of carbonyl (C=O) groups is 2. The summed E-state index contributed by atoms with van der Waals surface area (Å²) in [7, 11) is 0. The summed E-state index contributed by atoms with van der Waals surface area (Å²) in [5, 5.41) is 0. The van der Waals surface area contributed by atoms with Gasteiger partial charge >= 0.3 is 6.03 Å². The van der Waals surface area contributed by atoms with Crippen LogP contribution in [-0.4, -0.2) is 38.9 Å². The minimum atomic E-state index is -0.284. The van der Waals surface area contributed by atoms with Crippen molar-refractivity contribution in [3.8, 4) is 0 Å². The first-order valence-corrected chi connectivity index (χ1v) is 8.87. The summed E-state index contributed by atoms with van der Waals surface area (Å²) in [5.41, 5.74) is 0.326. The van der Waals surface area contributed by atoms with Gasteiger partial charge in [-0.3, -0.25) is 4.79 Å². The third-order valence-electron chi connectivity index (χ3n) is 5.57. The van der Waals surface area contributed by atoms with Crippen molar-refractivity contribution in [3.63, 3.8) is 0 Å². The maximum atomic E-state index is 12.9. The Bertz CT molecular complexity index is 679. The van der Waals surface area contributed by atoms with Crippen LogP contribution in [0, 0.1) is 5.92 Å². The van der Waals surface area contributed by atoms with Crippen LogP contribution in [0.15, 0.2) is 12.4 Å². The molecule has 2 saturated heterocycles. The number of imide groups is 1. The minimum Gasteiger partial charge on any atom is -0.309 e. The van der Waals surface area contributed by atoms with Crippen LogP contribution < -0.4 is 4.90 Å². The predicted octanol–water partition coefficient (Wildman–Crippen LogP) is 2.87. The monoisotopic (exact) mass is 328 g/mol. The van der Waals surface area contributed by atoms with Crippen molar-refractivity contribution in [2.24, 2.45) is 5.92 Å². The maximum absolute atomic E-state index is 12.9. The lowest BCUT2D eigenvalue weighted by molar-refractivity contribution is -0.119. The van der Waals surface area contributed by atoms with Crippen molar-refractivity contribution in [2.75, 3.05) is 4.90 Å². The molecular formula is C18H24N4O2. The van der Waals surface area contributed by atoms with Crippen molar-refractivity contribution in [2.45, 2.75) is 70.4 Å². The molecule has 3 fully saturated rings. The average molecular weight is 328 g/mol. The van der Waals surface area contributed by atoms with E-state index in [0.717, 1.165) is 25.7 Å². The molecule has 128 valence electrons. The Hall–Kier alpha value is -1.98. The highest BCUT2D eigenvalue weighted by atomic mass is 16.2. The summed E-state index contributed by atoms with van der Waals surface area (Å²) < 4.78 is 0. The molecule has 0 spiro atoms. The van der Waals surface area contributed by atoms with Crippen LogP contribution in [0.1, 0.15) is 58.7 Å². The van der Waals surface area contributed by atoms with Gasteiger partial charge in [-0.25, -0.2) is 19.7 Å². The molecule has 6 heteroatoms. The molecular weight excluding hydrogens is 304 g/mol. The molecule has 1 aromatic rings. The van der Waals surface area contributed by atoms with Gasteiger partial charge in [-0.1, -0.05) is 33.6 Å². The summed E-state index contributed by atoms with van der Waals surface area (Å²) in [4.78, 5) is 37.6. The van der Waals surface area contributed by atoms with Gasteiger partial charge in [0.2, 0.25) is 0 Å². The molecule has 1 aliphatic carbocycles. The highest BCUT2D eigenvalue weighted by Crippen LogP contribution is 2.44. The quantitative estimate of drug-likeness (QED) is 0.744. The Kier molecular flexibility index (Phi) is 3.41. The number of anilines is 1. The van der Waals surface area contributed by atoms with Crippen LogP contribution in [0.25, 0.3) is 0 Å². The number of carbonyl (C=O) groups excluding carboxylic acids is 2. The van der Waals surface area contributed by atoms with Gasteiger partial charge in [0.05, 0.1) is 18.1 Å². The molecule has 4 rings (SSSR count). The molecule has 2 aliphatic heterocycles. The number of hydrogen-bond acceptors (Lipinski definition) is 4. The fraction of sp³-hybridized carbons (Fsp3) is 0.667. The van der Waals surface area contributed by atoms with Gasteiger partial charge in [-0.05, 0) is 25.2 Å². The smallest absolute Gasteiger partial charge is 0.309 e. The zero-order valence-electron chi connectivity index (χ0n) is 14.5. The lowest BCUT2D eigenvalue weighted by Gasteiger charge is -2.30. The molecule has 3 aliphatic rings. The topological polar surface area (TPSA) is 66.4 Å². The van der Waals surface area contributed by atoms with E-state index in [-0.39, 0.29) is 29.4 Å². The van der Waals surface area contributed by atoms with E-state index in [1.54, 1.807) is 12.4 Å². The van der Waals surface area contributed by atoms with Gasteiger partial charge in [0.15, 0.2) is 0 Å². The number of rotatable bonds is 1. The third kappa shape index (κ3) is 2.23. The molecule has 3 atom stereocenters. The maximum Gasteiger partial charge on any atom is 0.332 e. The predicted molar refractivity (Wildman–Crippen MR) is 89.6 cm³/mol. The molecule has 0 radical (unpaired) electrons. The SMILES string of the molecule is CC(C)(C)c1ncc(N2C(=O)[C@@H]3C[C@@H]4CCCC[C@H]4N3C2=O)cn1. The van der Waals surface area contributed by atoms with Crippen molar-refractivity contribution in [1.29, 1.82) is 0 Å². The molecule has 6 nitrogen and oxygen atoms in total. The van der Waals surface area contributed by atoms with E-state index >= 15 is 0 Å². The van der Waals surface area contributed by atoms with Gasteiger partial charge < -0.3 is 4.90 Å². The normalized spacial score (nSPS) is 29.9. The van der Waals surface area contributed by atoms with Crippen LogP contribution in [0.2, 0.25) is 0 Å². The largest absolute Gasteiger partial charge is 0.332 e. The summed E-state index contributed by atoms with van der Waals surface area (Å²) in [6.07, 6.45) is 8.54. The zero-order chi connectivity index (χ0) is 17.1. The Morgan fingerprint density at radius 1 is 1.08 bits per heavy atom. The van der Waals surface area contributed by atoms with E-state index in [4.69, 9.17) is 0 Å². The van der Waals surface area contributed by atoms with Crippen LogP contribution in [0.3, 0.4) is 0 Å². The van der Waals surface area contributed by atoms with E-state index < -0.39 is 0 Å². The van der Waals surface area contributed by atoms with Gasteiger partial charge in [-0.2, -0.15) is 0 Å². The van der Waals surface area contributed by atoms with Crippen LogP contribution >= 0.6 is 0 Å². The molecule has 0 N–H and O–H groups in total. The number of amides is 3. The van der Waals surface area contributed by atoms with Crippen molar-refractivity contribution in [3.05, 3.63) is 18.2 Å². The molecule has 0 aromatic carbocycles. The van der Waals surface area contributed by atoms with Gasteiger partial charge in [-0.15, -0.1) is 0 Å². The lowest BCUT2D eigenvalue weighted by Crippen LogP contribution is -2.41. The molecule has 1 aromatic heterocycles. The minimum absolute atomic E-state index is 0.110. The van der Waals surface area contributed by atoms with E-state index in [1.165, 1.54) is 11.3 Å². The van der Waals surface area contributed by atoms with Gasteiger partial charge in [0.25, 0.3) is 5.91 Å². The van der Waals surface area contributed by atoms with Crippen molar-refractivity contribution in [1.82, 2.24) is 14.9 Å². The first-order valence-electron chi connectivity index (χ1n) is 8.87. The summed E-state index contributed by atoms with van der Waals surface area (Å²) in [5.74, 6) is 1.10. The Balaban J connectivity index is 1.62. The van der Waals surface area contributed by atoms with Crippen molar-refractivity contribution < 1.29 is 9.59 Å². The van der Waals surface area contributed by atoms with Crippen LogP contribution in [0.5, 0.6) is 0 Å². The van der Waals surface area contributed by atoms with Crippen LogP contribution in [-0.2, 0) is 10.2 Å². The first kappa shape index (κ1) is 15.5. The number of hydrogen-bond donors (Lipinski definition) is 0. The summed E-state index contributed by atoms with van der Waals surface area (Å²) in [6, 6.07) is -0.237. The van der Waals surface area contributed by atoms with E-state index in [1.807, 2.05) is 25.7 Å². The number of urea groups is 1. The Morgan fingerprint density at radius 3 is 2.42 bits per heavy atom. The number of aromatic nitrogens is 2. The lowest BCUT2D eigenvalue weighted by atomic mass is 9.84. The molecule has 3 heterocycles. The summed E-state index contributed by atoms with van der Waals surface area (Å²) in [6.45, 7) is 6.11.